The molecule has 0 aromatic heterocycles. The van der Waals surface area contributed by atoms with Crippen LogP contribution in [-0.4, -0.2) is 38.3 Å². The number of carbonyl (C=O) groups excluding carboxylic acids is 3. The van der Waals surface area contributed by atoms with Crippen molar-refractivity contribution in [2.75, 3.05) is 19.5 Å². The number of hydrogen-bond acceptors (Lipinski definition) is 6. The zero-order chi connectivity index (χ0) is 20.1. The number of aliphatic imine (C=N–C) groups is 1. The Kier molecular flexibility index (Phi) is 9.98. The molecule has 1 aromatic rings. The van der Waals surface area contributed by atoms with Gasteiger partial charge in [-0.2, -0.15) is 0 Å². The maximum absolute atomic E-state index is 12.1. The first-order valence-corrected chi connectivity index (χ1v) is 8.67. The number of benzene rings is 1. The number of alkyl carbamates (subject to hydrolysis) is 2. The Hall–Kier alpha value is -3.10. The topological polar surface area (TPSA) is 118 Å². The minimum absolute atomic E-state index is 0.128. The lowest BCUT2D eigenvalue weighted by Crippen LogP contribution is -2.43. The Morgan fingerprint density at radius 2 is 1.59 bits per heavy atom. The largest absolute Gasteiger partial charge is 0.453 e. The van der Waals surface area contributed by atoms with E-state index in [1.54, 1.807) is 24.3 Å². The average molecular weight is 378 g/mol. The summed E-state index contributed by atoms with van der Waals surface area (Å²) >= 11 is 0. The maximum atomic E-state index is 12.1. The van der Waals surface area contributed by atoms with Crippen molar-refractivity contribution in [3.05, 3.63) is 24.3 Å². The smallest absolute Gasteiger partial charge is 0.413 e. The van der Waals surface area contributed by atoms with Crippen molar-refractivity contribution in [3.8, 4) is 0 Å². The highest BCUT2D eigenvalue weighted by Crippen LogP contribution is 2.24. The fourth-order valence-electron chi connectivity index (χ4n) is 2.10. The Bertz CT molecular complexity index is 655. The van der Waals surface area contributed by atoms with E-state index in [2.05, 4.69) is 37.3 Å². The zero-order valence-electron chi connectivity index (χ0n) is 15.8. The number of hydrogen-bond donors (Lipinski definition) is 3. The Balaban J connectivity index is 2.92. The van der Waals surface area contributed by atoms with Crippen LogP contribution >= 0.6 is 0 Å². The number of amides is 3. The van der Waals surface area contributed by atoms with Gasteiger partial charge in [0.25, 0.3) is 0 Å². The summed E-state index contributed by atoms with van der Waals surface area (Å²) in [4.78, 5) is 39.2. The first-order valence-electron chi connectivity index (χ1n) is 8.67. The molecule has 0 fully saturated rings. The quantitative estimate of drug-likeness (QED) is 0.382. The Labute approximate surface area is 158 Å². The number of anilines is 1. The summed E-state index contributed by atoms with van der Waals surface area (Å²) in [5.41, 5.74) is 0.802. The van der Waals surface area contributed by atoms with Crippen LogP contribution in [0.4, 0.5) is 21.0 Å². The van der Waals surface area contributed by atoms with Gasteiger partial charge in [0.05, 0.1) is 25.6 Å². The predicted octanol–water partition coefficient (Wildman–Crippen LogP) is 3.30. The molecule has 0 atom stereocenters. The number of rotatable bonds is 7. The van der Waals surface area contributed by atoms with Gasteiger partial charge in [-0.1, -0.05) is 38.3 Å². The number of nitrogens with zero attached hydrogens (tertiary/aromatic N) is 1. The van der Waals surface area contributed by atoms with E-state index in [0.29, 0.717) is 17.8 Å². The van der Waals surface area contributed by atoms with Gasteiger partial charge in [0.15, 0.2) is 0 Å². The number of carbonyl (C=O) groups is 3. The van der Waals surface area contributed by atoms with E-state index in [1.165, 1.54) is 14.2 Å². The maximum Gasteiger partial charge on any atom is 0.413 e. The second kappa shape index (κ2) is 12.3. The number of guanidine groups is 1. The summed E-state index contributed by atoms with van der Waals surface area (Å²) in [7, 11) is 2.36. The monoisotopic (exact) mass is 378 g/mol. The SMILES string of the molecule is CCCCCCC(=O)Nc1ccccc1N=C(NC(=O)OC)NC(=O)OC. The van der Waals surface area contributed by atoms with E-state index in [-0.39, 0.29) is 11.9 Å². The third-order valence-corrected chi connectivity index (χ3v) is 3.48. The third-order valence-electron chi connectivity index (χ3n) is 3.48. The average Bonchev–Trinajstić information content (AvgIpc) is 2.66. The standard InChI is InChI=1S/C18H26N4O5/c1-4-5-6-7-12-15(23)19-13-10-8-9-11-14(13)20-16(21-17(24)26-2)22-18(25)27-3/h8-11H,4-7,12H2,1-3H3,(H,19,23)(H2,20,21,22,24,25). The van der Waals surface area contributed by atoms with Crippen LogP contribution < -0.4 is 16.0 Å². The van der Waals surface area contributed by atoms with Crippen molar-refractivity contribution in [1.29, 1.82) is 0 Å². The molecule has 3 amide bonds. The number of nitrogens with one attached hydrogen (secondary N) is 3. The van der Waals surface area contributed by atoms with Crippen molar-refractivity contribution in [1.82, 2.24) is 10.6 Å². The van der Waals surface area contributed by atoms with Crippen LogP contribution in [0.3, 0.4) is 0 Å². The highest BCUT2D eigenvalue weighted by Gasteiger charge is 2.12. The minimum atomic E-state index is -0.817. The second-order valence-electron chi connectivity index (χ2n) is 5.57. The van der Waals surface area contributed by atoms with Crippen LogP contribution in [0.2, 0.25) is 0 Å². The molecule has 0 aliphatic carbocycles. The molecule has 0 heterocycles. The van der Waals surface area contributed by atoms with Gasteiger partial charge in [-0.05, 0) is 18.6 Å². The number of unbranched alkanes of at least 4 members (excludes halogenated alkanes) is 3. The third kappa shape index (κ3) is 8.70. The molecule has 0 aliphatic heterocycles. The summed E-state index contributed by atoms with van der Waals surface area (Å²) in [5, 5.41) is 7.34. The van der Waals surface area contributed by atoms with E-state index in [9.17, 15) is 14.4 Å². The van der Waals surface area contributed by atoms with Crippen LogP contribution in [0, 0.1) is 0 Å². The van der Waals surface area contributed by atoms with Crippen LogP contribution in [0.25, 0.3) is 0 Å². The van der Waals surface area contributed by atoms with Crippen LogP contribution in [0.1, 0.15) is 39.0 Å². The lowest BCUT2D eigenvalue weighted by Gasteiger charge is -2.11. The van der Waals surface area contributed by atoms with Gasteiger partial charge < -0.3 is 14.8 Å². The van der Waals surface area contributed by atoms with Crippen molar-refractivity contribution in [2.24, 2.45) is 4.99 Å². The summed E-state index contributed by atoms with van der Waals surface area (Å²) in [5.74, 6) is -0.324. The lowest BCUT2D eigenvalue weighted by atomic mass is 10.1. The van der Waals surface area contributed by atoms with Crippen molar-refractivity contribution in [3.63, 3.8) is 0 Å². The van der Waals surface area contributed by atoms with E-state index in [0.717, 1.165) is 25.7 Å². The normalized spacial score (nSPS) is 9.74. The summed E-state index contributed by atoms with van der Waals surface area (Å²) in [6.07, 6.45) is 2.78. The molecule has 0 unspecified atom stereocenters. The van der Waals surface area contributed by atoms with Gasteiger partial charge in [-0.3, -0.25) is 15.4 Å². The van der Waals surface area contributed by atoms with E-state index >= 15 is 0 Å². The molecule has 0 saturated carbocycles. The Morgan fingerprint density at radius 3 is 2.19 bits per heavy atom. The molecular formula is C18H26N4O5. The molecule has 0 aliphatic rings. The van der Waals surface area contributed by atoms with Gasteiger partial charge in [-0.15, -0.1) is 0 Å². The van der Waals surface area contributed by atoms with Gasteiger partial charge in [0.2, 0.25) is 11.9 Å². The molecule has 0 saturated heterocycles. The molecule has 0 spiro atoms. The van der Waals surface area contributed by atoms with Crippen molar-refractivity contribution in [2.45, 2.75) is 39.0 Å². The van der Waals surface area contributed by atoms with E-state index in [1.807, 2.05) is 0 Å². The van der Waals surface area contributed by atoms with Crippen LogP contribution in [-0.2, 0) is 14.3 Å². The van der Waals surface area contributed by atoms with Crippen LogP contribution in [0.15, 0.2) is 29.3 Å². The number of methoxy groups -OCH3 is 2. The fraction of sp³-hybridized carbons (Fsp3) is 0.444. The summed E-state index contributed by atoms with van der Waals surface area (Å²) in [6.45, 7) is 2.11. The molecule has 9 nitrogen and oxygen atoms in total. The minimum Gasteiger partial charge on any atom is -0.453 e. The molecule has 27 heavy (non-hydrogen) atoms. The summed E-state index contributed by atoms with van der Waals surface area (Å²) in [6, 6.07) is 6.76. The fourth-order valence-corrected chi connectivity index (χ4v) is 2.10. The van der Waals surface area contributed by atoms with Gasteiger partial charge in [0.1, 0.15) is 0 Å². The number of para-hydroxylation sites is 2. The van der Waals surface area contributed by atoms with Crippen LogP contribution in [0.5, 0.6) is 0 Å². The lowest BCUT2D eigenvalue weighted by molar-refractivity contribution is -0.116. The highest BCUT2D eigenvalue weighted by atomic mass is 16.5. The second-order valence-corrected chi connectivity index (χ2v) is 5.57. The van der Waals surface area contributed by atoms with Gasteiger partial charge in [-0.25, -0.2) is 14.6 Å². The molecule has 3 N–H and O–H groups in total. The summed E-state index contributed by atoms with van der Waals surface area (Å²) < 4.78 is 9.00. The molecule has 1 rings (SSSR count). The first-order chi connectivity index (χ1) is 13.0. The van der Waals surface area contributed by atoms with E-state index < -0.39 is 12.2 Å². The van der Waals surface area contributed by atoms with E-state index in [4.69, 9.17) is 0 Å². The van der Waals surface area contributed by atoms with Gasteiger partial charge in [0, 0.05) is 6.42 Å². The molecule has 0 radical (unpaired) electrons. The first kappa shape index (κ1) is 21.9. The molecule has 0 bridgehead atoms. The van der Waals surface area contributed by atoms with Crippen molar-refractivity contribution < 1.29 is 23.9 Å². The number of ether oxygens (including phenoxy) is 2. The molecule has 1 aromatic carbocycles. The van der Waals surface area contributed by atoms with Crippen molar-refractivity contribution >= 4 is 35.4 Å². The molecular weight excluding hydrogens is 352 g/mol. The predicted molar refractivity (Wildman–Crippen MR) is 102 cm³/mol. The zero-order valence-corrected chi connectivity index (χ0v) is 15.8. The molecule has 148 valence electrons. The Morgan fingerprint density at radius 1 is 0.963 bits per heavy atom. The van der Waals surface area contributed by atoms with Gasteiger partial charge >= 0.3 is 12.2 Å². The molecule has 9 heteroatoms. The highest BCUT2D eigenvalue weighted by molar-refractivity contribution is 6.03.